The fraction of sp³-hybridized carbons (Fsp3) is 0.333. The fourth-order valence-corrected chi connectivity index (χ4v) is 5.43. The van der Waals surface area contributed by atoms with Crippen LogP contribution < -0.4 is 14.4 Å². The number of sulfonamides is 1. The number of ether oxygens (including phenoxy) is 1. The highest BCUT2D eigenvalue weighted by atomic mass is 35.5. The molecule has 11 heteroatoms. The average molecular weight is 621 g/mol. The summed E-state index contributed by atoms with van der Waals surface area (Å²) in [5, 5.41) is 3.57. The predicted octanol–water partition coefficient (Wildman–Crippen LogP) is 5.32. The molecule has 0 bridgehead atoms. The number of carbonyl (C=O) groups excluding carboxylic acids is 2. The van der Waals surface area contributed by atoms with Gasteiger partial charge in [0.15, 0.2) is 0 Å². The number of amides is 2. The molecule has 1 atom stereocenters. The maximum absolute atomic E-state index is 14.1. The molecule has 1 N–H and O–H groups in total. The third-order valence-corrected chi connectivity index (χ3v) is 8.03. The largest absolute Gasteiger partial charge is 0.494 e. The molecular formula is C30H35Cl2N3O5S. The van der Waals surface area contributed by atoms with Gasteiger partial charge in [0.1, 0.15) is 18.3 Å². The van der Waals surface area contributed by atoms with Crippen molar-refractivity contribution in [1.82, 2.24) is 10.2 Å². The van der Waals surface area contributed by atoms with Gasteiger partial charge in [-0.05, 0) is 68.3 Å². The van der Waals surface area contributed by atoms with Gasteiger partial charge < -0.3 is 15.0 Å². The number of hydrogen-bond acceptors (Lipinski definition) is 5. The second kappa shape index (κ2) is 14.6. The number of anilines is 1. The third-order valence-electron chi connectivity index (χ3n) is 6.15. The minimum absolute atomic E-state index is 0.000380. The molecular weight excluding hydrogens is 585 g/mol. The van der Waals surface area contributed by atoms with Gasteiger partial charge >= 0.3 is 0 Å². The minimum atomic E-state index is -3.87. The summed E-state index contributed by atoms with van der Waals surface area (Å²) in [6.45, 7) is 5.45. The summed E-state index contributed by atoms with van der Waals surface area (Å²) in [5.74, 6) is -0.343. The van der Waals surface area contributed by atoms with Crippen molar-refractivity contribution < 1.29 is 22.7 Å². The van der Waals surface area contributed by atoms with Gasteiger partial charge in [-0.25, -0.2) is 8.42 Å². The first-order chi connectivity index (χ1) is 19.4. The molecule has 0 spiro atoms. The van der Waals surface area contributed by atoms with Gasteiger partial charge in [0.2, 0.25) is 21.8 Å². The average Bonchev–Trinajstić information content (AvgIpc) is 2.91. The Balaban J connectivity index is 2.05. The fourth-order valence-electron chi connectivity index (χ4n) is 4.26. The normalized spacial score (nSPS) is 12.1. The Labute approximate surface area is 252 Å². The summed E-state index contributed by atoms with van der Waals surface area (Å²) in [7, 11) is -3.87. The Bertz CT molecular complexity index is 1430. The number of rotatable bonds is 13. The van der Waals surface area contributed by atoms with Crippen molar-refractivity contribution in [2.24, 2.45) is 0 Å². The number of halogens is 2. The Morgan fingerprint density at radius 2 is 1.59 bits per heavy atom. The van der Waals surface area contributed by atoms with Crippen LogP contribution in [0, 0.1) is 0 Å². The Hall–Kier alpha value is -3.27. The molecule has 0 radical (unpaired) electrons. The first-order valence-electron chi connectivity index (χ1n) is 13.2. The zero-order chi connectivity index (χ0) is 30.2. The van der Waals surface area contributed by atoms with Gasteiger partial charge in [0, 0.05) is 19.0 Å². The summed E-state index contributed by atoms with van der Waals surface area (Å²) in [4.78, 5) is 29.0. The Morgan fingerprint density at radius 1 is 0.927 bits per heavy atom. The van der Waals surface area contributed by atoms with E-state index in [1.54, 1.807) is 42.5 Å². The van der Waals surface area contributed by atoms with Crippen LogP contribution in [-0.4, -0.2) is 56.6 Å². The first kappa shape index (κ1) is 32.2. The van der Waals surface area contributed by atoms with Gasteiger partial charge in [0.25, 0.3) is 0 Å². The molecule has 0 heterocycles. The maximum atomic E-state index is 14.1. The van der Waals surface area contributed by atoms with Crippen LogP contribution in [0.3, 0.4) is 0 Å². The molecule has 8 nitrogen and oxygen atoms in total. The lowest BCUT2D eigenvalue weighted by Gasteiger charge is -2.34. The van der Waals surface area contributed by atoms with Crippen LogP contribution in [0.5, 0.6) is 5.75 Å². The van der Waals surface area contributed by atoms with Crippen molar-refractivity contribution in [2.45, 2.75) is 45.8 Å². The molecule has 0 fully saturated rings. The predicted molar refractivity (Wildman–Crippen MR) is 164 cm³/mol. The van der Waals surface area contributed by atoms with Crippen LogP contribution in [0.4, 0.5) is 5.69 Å². The van der Waals surface area contributed by atoms with E-state index >= 15 is 0 Å². The molecule has 3 rings (SSSR count). The molecule has 0 saturated carbocycles. The molecule has 0 aliphatic carbocycles. The quantitative estimate of drug-likeness (QED) is 0.279. The Morgan fingerprint density at radius 3 is 2.15 bits per heavy atom. The van der Waals surface area contributed by atoms with Gasteiger partial charge in [-0.15, -0.1) is 0 Å². The smallest absolute Gasteiger partial charge is 0.244 e. The summed E-state index contributed by atoms with van der Waals surface area (Å²) >= 11 is 12.4. The molecule has 2 amide bonds. The molecule has 1 unspecified atom stereocenters. The number of nitrogens with zero attached hydrogens (tertiary/aromatic N) is 2. The standard InChI is InChI=1S/C30H35Cl2N3O5S/c1-5-40-25-14-12-24(13-15-25)35(41(4,38)39)20-29(36)34(19-23-11-16-26(31)27(32)17-23)28(30(37)33-21(2)3)18-22-9-7-6-8-10-22/h6-17,21,28H,5,18-20H2,1-4H3,(H,33,37). The lowest BCUT2D eigenvalue weighted by Crippen LogP contribution is -2.54. The van der Waals surface area contributed by atoms with Crippen LogP contribution >= 0.6 is 23.2 Å². The van der Waals surface area contributed by atoms with E-state index in [-0.39, 0.29) is 24.9 Å². The highest BCUT2D eigenvalue weighted by Gasteiger charge is 2.33. The molecule has 0 saturated heterocycles. The summed E-state index contributed by atoms with van der Waals surface area (Å²) in [6, 6.07) is 19.6. The van der Waals surface area contributed by atoms with E-state index < -0.39 is 28.5 Å². The minimum Gasteiger partial charge on any atom is -0.494 e. The number of nitrogens with one attached hydrogen (secondary N) is 1. The lowest BCUT2D eigenvalue weighted by molar-refractivity contribution is -0.140. The highest BCUT2D eigenvalue weighted by molar-refractivity contribution is 7.92. The van der Waals surface area contributed by atoms with Crippen LogP contribution in [-0.2, 0) is 32.6 Å². The molecule has 0 aliphatic heterocycles. The zero-order valence-corrected chi connectivity index (χ0v) is 25.8. The van der Waals surface area contributed by atoms with E-state index in [2.05, 4.69) is 5.32 Å². The molecule has 220 valence electrons. The Kier molecular flexibility index (Phi) is 11.5. The van der Waals surface area contributed by atoms with Gasteiger partial charge in [-0.2, -0.15) is 0 Å². The summed E-state index contributed by atoms with van der Waals surface area (Å²) in [6.07, 6.45) is 1.25. The molecule has 0 aromatic heterocycles. The summed E-state index contributed by atoms with van der Waals surface area (Å²) in [5.41, 5.74) is 1.77. The van der Waals surface area contributed by atoms with Crippen molar-refractivity contribution in [2.75, 3.05) is 23.7 Å². The molecule has 41 heavy (non-hydrogen) atoms. The van der Waals surface area contributed by atoms with E-state index in [0.717, 1.165) is 16.1 Å². The number of benzene rings is 3. The second-order valence-electron chi connectivity index (χ2n) is 9.84. The van der Waals surface area contributed by atoms with Crippen molar-refractivity contribution in [3.63, 3.8) is 0 Å². The number of carbonyl (C=O) groups is 2. The van der Waals surface area contributed by atoms with Gasteiger partial charge in [-0.3, -0.25) is 13.9 Å². The van der Waals surface area contributed by atoms with Crippen LogP contribution in [0.1, 0.15) is 31.9 Å². The monoisotopic (exact) mass is 619 g/mol. The maximum Gasteiger partial charge on any atom is 0.244 e. The van der Waals surface area contributed by atoms with Gasteiger partial charge in [-0.1, -0.05) is 59.6 Å². The topological polar surface area (TPSA) is 96.0 Å². The van der Waals surface area contributed by atoms with Gasteiger partial charge in [0.05, 0.1) is 28.6 Å². The van der Waals surface area contributed by atoms with Crippen molar-refractivity contribution in [1.29, 1.82) is 0 Å². The van der Waals surface area contributed by atoms with Crippen LogP contribution in [0.25, 0.3) is 0 Å². The van der Waals surface area contributed by atoms with E-state index in [1.807, 2.05) is 51.1 Å². The van der Waals surface area contributed by atoms with E-state index in [9.17, 15) is 18.0 Å². The first-order valence-corrected chi connectivity index (χ1v) is 15.8. The third kappa shape index (κ3) is 9.38. The van der Waals surface area contributed by atoms with Crippen molar-refractivity contribution in [3.8, 4) is 5.75 Å². The van der Waals surface area contributed by atoms with Crippen molar-refractivity contribution >= 4 is 50.7 Å². The molecule has 3 aromatic carbocycles. The molecule has 3 aromatic rings. The summed E-state index contributed by atoms with van der Waals surface area (Å²) < 4.78 is 32.3. The van der Waals surface area contributed by atoms with E-state index in [1.165, 1.54) is 4.90 Å². The van der Waals surface area contributed by atoms with E-state index in [4.69, 9.17) is 27.9 Å². The number of hydrogen-bond donors (Lipinski definition) is 1. The van der Waals surface area contributed by atoms with Crippen LogP contribution in [0.2, 0.25) is 10.0 Å². The second-order valence-corrected chi connectivity index (χ2v) is 12.6. The lowest BCUT2D eigenvalue weighted by atomic mass is 10.0. The van der Waals surface area contributed by atoms with Crippen molar-refractivity contribution in [3.05, 3.63) is 94.0 Å². The van der Waals surface area contributed by atoms with Crippen LogP contribution in [0.15, 0.2) is 72.8 Å². The zero-order valence-electron chi connectivity index (χ0n) is 23.5. The highest BCUT2D eigenvalue weighted by Crippen LogP contribution is 2.26. The SMILES string of the molecule is CCOc1ccc(N(CC(=O)N(Cc2ccc(Cl)c(Cl)c2)C(Cc2ccccc2)C(=O)NC(C)C)S(C)(=O)=O)cc1. The molecule has 0 aliphatic rings. The van der Waals surface area contributed by atoms with E-state index in [0.29, 0.717) is 33.7 Å².